The summed E-state index contributed by atoms with van der Waals surface area (Å²) in [7, 11) is 0. The minimum Gasteiger partial charge on any atom is -0.339 e. The molecule has 7 heteroatoms. The SMILES string of the molecule is Fc1cccc(Nc2nc(CSc3ccc(Cl)cc3)nc3sc4c(c23)CCC4)c1. The van der Waals surface area contributed by atoms with Gasteiger partial charge in [0.25, 0.3) is 0 Å². The highest BCUT2D eigenvalue weighted by molar-refractivity contribution is 7.98. The molecule has 0 fully saturated rings. The van der Waals surface area contributed by atoms with Gasteiger partial charge in [0, 0.05) is 20.5 Å². The third kappa shape index (κ3) is 3.97. The van der Waals surface area contributed by atoms with Gasteiger partial charge >= 0.3 is 0 Å². The number of aryl methyl sites for hydroxylation is 2. The van der Waals surface area contributed by atoms with Crippen LogP contribution in [-0.2, 0) is 18.6 Å². The lowest BCUT2D eigenvalue weighted by Crippen LogP contribution is -2.01. The monoisotopic (exact) mass is 441 g/mol. The zero-order valence-corrected chi connectivity index (χ0v) is 17.8. The summed E-state index contributed by atoms with van der Waals surface area (Å²) in [5.41, 5.74) is 2.04. The van der Waals surface area contributed by atoms with E-state index in [1.165, 1.54) is 29.0 Å². The van der Waals surface area contributed by atoms with Crippen molar-refractivity contribution >= 4 is 56.4 Å². The molecule has 0 saturated heterocycles. The molecule has 2 heterocycles. The largest absolute Gasteiger partial charge is 0.339 e. The number of thiophene rings is 1. The number of hydrogen-bond acceptors (Lipinski definition) is 5. The highest BCUT2D eigenvalue weighted by atomic mass is 35.5. The van der Waals surface area contributed by atoms with Gasteiger partial charge in [0.2, 0.25) is 0 Å². The highest BCUT2D eigenvalue weighted by Gasteiger charge is 2.22. The van der Waals surface area contributed by atoms with Crippen molar-refractivity contribution in [1.29, 1.82) is 0 Å². The number of anilines is 2. The fourth-order valence-electron chi connectivity index (χ4n) is 3.58. The number of hydrogen-bond donors (Lipinski definition) is 1. The summed E-state index contributed by atoms with van der Waals surface area (Å²) < 4.78 is 13.7. The summed E-state index contributed by atoms with van der Waals surface area (Å²) in [5, 5.41) is 5.15. The van der Waals surface area contributed by atoms with Crippen molar-refractivity contribution in [3.63, 3.8) is 0 Å². The molecular formula is C22H17ClFN3S2. The molecule has 0 aliphatic heterocycles. The van der Waals surface area contributed by atoms with Crippen LogP contribution < -0.4 is 5.32 Å². The molecule has 2 aromatic heterocycles. The Morgan fingerprint density at radius 1 is 1.10 bits per heavy atom. The molecule has 0 unspecified atom stereocenters. The first-order valence-corrected chi connectivity index (χ1v) is 11.6. The number of rotatable bonds is 5. The van der Waals surface area contributed by atoms with Gasteiger partial charge in [-0.05, 0) is 67.3 Å². The van der Waals surface area contributed by atoms with Crippen molar-refractivity contribution in [2.75, 3.05) is 5.32 Å². The lowest BCUT2D eigenvalue weighted by Gasteiger charge is -2.10. The highest BCUT2D eigenvalue weighted by Crippen LogP contribution is 2.40. The molecule has 1 N–H and O–H groups in total. The molecule has 5 rings (SSSR count). The summed E-state index contributed by atoms with van der Waals surface area (Å²) in [6.07, 6.45) is 3.32. The smallest absolute Gasteiger partial charge is 0.143 e. The van der Waals surface area contributed by atoms with Crippen LogP contribution in [-0.4, -0.2) is 9.97 Å². The van der Waals surface area contributed by atoms with Crippen LogP contribution in [0, 0.1) is 5.82 Å². The first kappa shape index (κ1) is 18.9. The first-order chi connectivity index (χ1) is 14.2. The molecule has 0 spiro atoms. The van der Waals surface area contributed by atoms with Crippen molar-refractivity contribution in [2.24, 2.45) is 0 Å². The van der Waals surface area contributed by atoms with E-state index in [4.69, 9.17) is 21.6 Å². The van der Waals surface area contributed by atoms with E-state index in [0.29, 0.717) is 11.4 Å². The number of halogens is 2. The van der Waals surface area contributed by atoms with E-state index in [9.17, 15) is 4.39 Å². The molecule has 0 bridgehead atoms. The molecule has 3 nitrogen and oxygen atoms in total. The standard InChI is InChI=1S/C22H17ClFN3S2/c23-13-7-9-16(10-8-13)28-12-19-26-21(25-15-4-1-3-14(24)11-15)20-17-5-2-6-18(17)29-22(20)27-19/h1,3-4,7-11H,2,5-6,12H2,(H,25,26,27). The average Bonchev–Trinajstić information content (AvgIpc) is 3.28. The van der Waals surface area contributed by atoms with E-state index >= 15 is 0 Å². The van der Waals surface area contributed by atoms with Crippen molar-refractivity contribution in [3.8, 4) is 0 Å². The van der Waals surface area contributed by atoms with E-state index in [-0.39, 0.29) is 5.82 Å². The number of thioether (sulfide) groups is 1. The topological polar surface area (TPSA) is 37.8 Å². The maximum absolute atomic E-state index is 13.7. The molecule has 29 heavy (non-hydrogen) atoms. The molecule has 0 atom stereocenters. The van der Waals surface area contributed by atoms with E-state index < -0.39 is 0 Å². The molecule has 0 radical (unpaired) electrons. The predicted octanol–water partition coefficient (Wildman–Crippen LogP) is 7.01. The van der Waals surface area contributed by atoms with Crippen molar-refractivity contribution in [1.82, 2.24) is 9.97 Å². The van der Waals surface area contributed by atoms with E-state index in [1.807, 2.05) is 30.3 Å². The van der Waals surface area contributed by atoms with Crippen molar-refractivity contribution in [3.05, 3.63) is 75.6 Å². The lowest BCUT2D eigenvalue weighted by atomic mass is 10.2. The van der Waals surface area contributed by atoms with Gasteiger partial charge in [0.05, 0.1) is 11.1 Å². The molecule has 1 aliphatic rings. The maximum Gasteiger partial charge on any atom is 0.143 e. The lowest BCUT2D eigenvalue weighted by molar-refractivity contribution is 0.628. The normalized spacial score (nSPS) is 13.0. The Bertz CT molecular complexity index is 1190. The molecule has 0 saturated carbocycles. The number of aromatic nitrogens is 2. The summed E-state index contributed by atoms with van der Waals surface area (Å²) in [5.74, 6) is 1.91. The Labute approximate surface area is 181 Å². The summed E-state index contributed by atoms with van der Waals surface area (Å²) >= 11 is 9.40. The second-order valence-electron chi connectivity index (χ2n) is 6.90. The Balaban J connectivity index is 1.51. The molecule has 0 amide bonds. The quantitative estimate of drug-likeness (QED) is 0.338. The second-order valence-corrected chi connectivity index (χ2v) is 9.47. The van der Waals surface area contributed by atoms with E-state index in [0.717, 1.165) is 44.6 Å². The average molecular weight is 442 g/mol. The molecular weight excluding hydrogens is 425 g/mol. The third-order valence-corrected chi connectivity index (χ3v) is 7.33. The molecule has 4 aromatic rings. The van der Waals surface area contributed by atoms with Crippen LogP contribution in [0.2, 0.25) is 5.02 Å². The molecule has 146 valence electrons. The van der Waals surface area contributed by atoms with Crippen molar-refractivity contribution in [2.45, 2.75) is 29.9 Å². The van der Waals surface area contributed by atoms with Gasteiger partial charge in [0.1, 0.15) is 22.3 Å². The van der Waals surface area contributed by atoms with Gasteiger partial charge in [-0.3, -0.25) is 0 Å². The van der Waals surface area contributed by atoms with Gasteiger partial charge in [-0.1, -0.05) is 17.7 Å². The van der Waals surface area contributed by atoms with Gasteiger partial charge in [-0.15, -0.1) is 23.1 Å². The Morgan fingerprint density at radius 3 is 2.79 bits per heavy atom. The van der Waals surface area contributed by atoms with Crippen LogP contribution in [0.25, 0.3) is 10.2 Å². The Hall–Kier alpha value is -2.15. The number of nitrogens with zero attached hydrogens (tertiary/aromatic N) is 2. The predicted molar refractivity (Wildman–Crippen MR) is 120 cm³/mol. The summed E-state index contributed by atoms with van der Waals surface area (Å²) in [6.45, 7) is 0. The summed E-state index contributed by atoms with van der Waals surface area (Å²) in [4.78, 5) is 13.2. The first-order valence-electron chi connectivity index (χ1n) is 9.38. The fraction of sp³-hybridized carbons (Fsp3) is 0.182. The van der Waals surface area contributed by atoms with Gasteiger partial charge in [0.15, 0.2) is 0 Å². The van der Waals surface area contributed by atoms with Crippen molar-refractivity contribution < 1.29 is 4.39 Å². The second kappa shape index (κ2) is 7.94. The minimum absolute atomic E-state index is 0.269. The van der Waals surface area contributed by atoms with Crippen LogP contribution in [0.5, 0.6) is 0 Å². The number of benzene rings is 2. The van der Waals surface area contributed by atoms with Gasteiger partial charge < -0.3 is 5.32 Å². The number of fused-ring (bicyclic) bond motifs is 3. The van der Waals surface area contributed by atoms with Gasteiger partial charge in [-0.25, -0.2) is 14.4 Å². The van der Waals surface area contributed by atoms with Crippen LogP contribution >= 0.6 is 34.7 Å². The summed E-state index contributed by atoms with van der Waals surface area (Å²) in [6, 6.07) is 14.2. The van der Waals surface area contributed by atoms with E-state index in [2.05, 4.69) is 5.32 Å². The Morgan fingerprint density at radius 2 is 1.97 bits per heavy atom. The molecule has 1 aliphatic carbocycles. The van der Waals surface area contributed by atoms with Crippen LogP contribution in [0.15, 0.2) is 53.4 Å². The molecule has 2 aromatic carbocycles. The maximum atomic E-state index is 13.7. The zero-order chi connectivity index (χ0) is 19.8. The fourth-order valence-corrected chi connectivity index (χ4v) is 5.74. The number of nitrogens with one attached hydrogen (secondary N) is 1. The van der Waals surface area contributed by atoms with Crippen LogP contribution in [0.3, 0.4) is 0 Å². The third-order valence-electron chi connectivity index (χ3n) is 4.88. The Kier molecular flexibility index (Phi) is 5.16. The minimum atomic E-state index is -0.269. The van der Waals surface area contributed by atoms with Crippen LogP contribution in [0.4, 0.5) is 15.9 Å². The van der Waals surface area contributed by atoms with Crippen LogP contribution in [0.1, 0.15) is 22.7 Å². The van der Waals surface area contributed by atoms with E-state index in [1.54, 1.807) is 29.2 Å². The van der Waals surface area contributed by atoms with Gasteiger partial charge in [-0.2, -0.15) is 0 Å². The zero-order valence-electron chi connectivity index (χ0n) is 15.4.